The number of Topliss-reactive ketones (excluding diaryl/α,β-unsaturated/α-hetero) is 1. The molecule has 0 saturated heterocycles. The Bertz CT molecular complexity index is 1160. The average molecular weight is 412 g/mol. The van der Waals surface area contributed by atoms with E-state index in [9.17, 15) is 9.59 Å². The molecule has 0 atom stereocenters. The summed E-state index contributed by atoms with van der Waals surface area (Å²) >= 11 is 0. The SMILES string of the molecule is Cc1c(OC(=O)Cc2ccccc2)ccc2c1O/C(=C\c1ccc(C(C)C)cc1)C2=O. The second-order valence-electron chi connectivity index (χ2n) is 7.96. The van der Waals surface area contributed by atoms with Crippen molar-refractivity contribution in [2.24, 2.45) is 0 Å². The average Bonchev–Trinajstić information content (AvgIpc) is 3.07. The third-order valence-electron chi connectivity index (χ3n) is 5.35. The fraction of sp³-hybridized carbons (Fsp3) is 0.185. The van der Waals surface area contributed by atoms with Crippen LogP contribution in [-0.2, 0) is 11.2 Å². The molecule has 0 radical (unpaired) electrons. The van der Waals surface area contributed by atoms with Gasteiger partial charge in [-0.3, -0.25) is 9.59 Å². The number of esters is 1. The second-order valence-corrected chi connectivity index (χ2v) is 7.96. The molecular formula is C27H24O4. The van der Waals surface area contributed by atoms with Crippen LogP contribution in [0.15, 0.2) is 72.5 Å². The number of benzene rings is 3. The van der Waals surface area contributed by atoms with Crippen LogP contribution in [0, 0.1) is 6.92 Å². The highest BCUT2D eigenvalue weighted by Crippen LogP contribution is 2.39. The van der Waals surface area contributed by atoms with Crippen LogP contribution in [0.2, 0.25) is 0 Å². The number of carbonyl (C=O) groups excluding carboxylic acids is 2. The Morgan fingerprint density at radius 1 is 1.00 bits per heavy atom. The van der Waals surface area contributed by atoms with Crippen LogP contribution in [0.1, 0.15) is 52.4 Å². The summed E-state index contributed by atoms with van der Waals surface area (Å²) < 4.78 is 11.4. The largest absolute Gasteiger partial charge is 0.452 e. The summed E-state index contributed by atoms with van der Waals surface area (Å²) in [6.45, 7) is 6.07. The zero-order chi connectivity index (χ0) is 22.0. The van der Waals surface area contributed by atoms with Crippen molar-refractivity contribution < 1.29 is 19.1 Å². The van der Waals surface area contributed by atoms with Crippen molar-refractivity contribution >= 4 is 17.8 Å². The molecule has 0 spiro atoms. The Hall–Kier alpha value is -3.66. The molecule has 3 aromatic carbocycles. The van der Waals surface area contributed by atoms with Gasteiger partial charge in [0.2, 0.25) is 5.78 Å². The van der Waals surface area contributed by atoms with Crippen molar-refractivity contribution in [3.05, 3.63) is 100 Å². The van der Waals surface area contributed by atoms with Gasteiger partial charge in [-0.15, -0.1) is 0 Å². The molecule has 1 aliphatic rings. The van der Waals surface area contributed by atoms with Crippen LogP contribution >= 0.6 is 0 Å². The number of carbonyl (C=O) groups is 2. The molecule has 0 saturated carbocycles. The zero-order valence-corrected chi connectivity index (χ0v) is 17.8. The molecular weight excluding hydrogens is 388 g/mol. The summed E-state index contributed by atoms with van der Waals surface area (Å²) in [5, 5.41) is 0. The molecule has 0 unspecified atom stereocenters. The number of hydrogen-bond donors (Lipinski definition) is 0. The fourth-order valence-electron chi connectivity index (χ4n) is 3.53. The van der Waals surface area contributed by atoms with Gasteiger partial charge in [0.25, 0.3) is 0 Å². The van der Waals surface area contributed by atoms with Crippen molar-refractivity contribution in [2.45, 2.75) is 33.1 Å². The lowest BCUT2D eigenvalue weighted by molar-refractivity contribution is -0.133. The van der Waals surface area contributed by atoms with Crippen molar-refractivity contribution in [1.29, 1.82) is 0 Å². The molecule has 31 heavy (non-hydrogen) atoms. The van der Waals surface area contributed by atoms with Gasteiger partial charge in [-0.25, -0.2) is 0 Å². The molecule has 1 heterocycles. The van der Waals surface area contributed by atoms with Gasteiger partial charge >= 0.3 is 5.97 Å². The molecule has 0 aliphatic carbocycles. The van der Waals surface area contributed by atoms with Crippen molar-refractivity contribution in [3.63, 3.8) is 0 Å². The van der Waals surface area contributed by atoms with Crippen LogP contribution in [0.25, 0.3) is 6.08 Å². The van der Waals surface area contributed by atoms with E-state index in [1.165, 1.54) is 5.56 Å². The number of ketones is 1. The van der Waals surface area contributed by atoms with Crippen molar-refractivity contribution in [1.82, 2.24) is 0 Å². The minimum atomic E-state index is -0.361. The fourth-order valence-corrected chi connectivity index (χ4v) is 3.53. The van der Waals surface area contributed by atoms with E-state index in [2.05, 4.69) is 26.0 Å². The first-order valence-electron chi connectivity index (χ1n) is 10.3. The molecule has 0 bridgehead atoms. The summed E-state index contributed by atoms with van der Waals surface area (Å²) in [4.78, 5) is 25.1. The monoisotopic (exact) mass is 412 g/mol. The summed E-state index contributed by atoms with van der Waals surface area (Å²) in [6.07, 6.45) is 1.92. The van der Waals surface area contributed by atoms with E-state index in [1.54, 1.807) is 25.1 Å². The molecule has 0 fully saturated rings. The summed E-state index contributed by atoms with van der Waals surface area (Å²) in [5.41, 5.74) is 4.12. The van der Waals surface area contributed by atoms with Gasteiger partial charge in [0.1, 0.15) is 11.5 Å². The molecule has 0 aromatic heterocycles. The van der Waals surface area contributed by atoms with E-state index in [-0.39, 0.29) is 23.9 Å². The Kier molecular flexibility index (Phi) is 5.72. The van der Waals surface area contributed by atoms with Gasteiger partial charge in [-0.1, -0.05) is 68.4 Å². The lowest BCUT2D eigenvalue weighted by Gasteiger charge is -2.10. The first-order valence-corrected chi connectivity index (χ1v) is 10.3. The van der Waals surface area contributed by atoms with Gasteiger partial charge in [0, 0.05) is 5.56 Å². The molecule has 1 aliphatic heterocycles. The van der Waals surface area contributed by atoms with Crippen molar-refractivity contribution in [2.75, 3.05) is 0 Å². The van der Waals surface area contributed by atoms with Gasteiger partial charge in [-0.2, -0.15) is 0 Å². The lowest BCUT2D eigenvalue weighted by atomic mass is 10.0. The molecule has 3 aromatic rings. The van der Waals surface area contributed by atoms with E-state index in [1.807, 2.05) is 42.5 Å². The van der Waals surface area contributed by atoms with Gasteiger partial charge in [-0.05, 0) is 47.7 Å². The molecule has 4 nitrogen and oxygen atoms in total. The van der Waals surface area contributed by atoms with Gasteiger partial charge < -0.3 is 9.47 Å². The van der Waals surface area contributed by atoms with Gasteiger partial charge in [0.05, 0.1) is 12.0 Å². The van der Waals surface area contributed by atoms with E-state index < -0.39 is 0 Å². The first kappa shape index (κ1) is 20.6. The maximum Gasteiger partial charge on any atom is 0.315 e. The number of ether oxygens (including phenoxy) is 2. The predicted molar refractivity (Wildman–Crippen MR) is 120 cm³/mol. The topological polar surface area (TPSA) is 52.6 Å². The van der Waals surface area contributed by atoms with E-state index in [4.69, 9.17) is 9.47 Å². The Labute approximate surface area is 182 Å². The highest BCUT2D eigenvalue weighted by molar-refractivity contribution is 6.15. The Morgan fingerprint density at radius 2 is 1.71 bits per heavy atom. The normalized spacial score (nSPS) is 13.9. The standard InChI is InChI=1S/C27H24O4/c1-17(2)21-11-9-20(10-12-21)15-24-26(29)22-13-14-23(18(3)27(22)31-24)30-25(28)16-19-7-5-4-6-8-19/h4-15,17H,16H2,1-3H3/b24-15-. The summed E-state index contributed by atoms with van der Waals surface area (Å²) in [7, 11) is 0. The predicted octanol–water partition coefficient (Wildman–Crippen LogP) is 5.88. The Morgan fingerprint density at radius 3 is 2.39 bits per heavy atom. The van der Waals surface area contributed by atoms with Crippen LogP contribution in [0.4, 0.5) is 0 Å². The molecule has 156 valence electrons. The van der Waals surface area contributed by atoms with Crippen molar-refractivity contribution in [3.8, 4) is 11.5 Å². The third kappa shape index (κ3) is 4.43. The number of rotatable bonds is 5. The van der Waals surface area contributed by atoms with Crippen LogP contribution in [-0.4, -0.2) is 11.8 Å². The maximum absolute atomic E-state index is 12.8. The number of fused-ring (bicyclic) bond motifs is 1. The maximum atomic E-state index is 12.8. The smallest absolute Gasteiger partial charge is 0.315 e. The molecule has 0 N–H and O–H groups in total. The zero-order valence-electron chi connectivity index (χ0n) is 17.8. The van der Waals surface area contributed by atoms with E-state index in [0.717, 1.165) is 11.1 Å². The van der Waals surface area contributed by atoms with E-state index in [0.29, 0.717) is 28.5 Å². The van der Waals surface area contributed by atoms with Gasteiger partial charge in [0.15, 0.2) is 5.76 Å². The minimum absolute atomic E-state index is 0.173. The molecule has 4 rings (SSSR count). The lowest BCUT2D eigenvalue weighted by Crippen LogP contribution is -2.12. The number of hydrogen-bond acceptors (Lipinski definition) is 4. The second kappa shape index (κ2) is 8.60. The summed E-state index contributed by atoms with van der Waals surface area (Å²) in [5.74, 6) is 1.02. The Balaban J connectivity index is 1.53. The van der Waals surface area contributed by atoms with Crippen LogP contribution in [0.3, 0.4) is 0 Å². The highest BCUT2D eigenvalue weighted by atomic mass is 16.5. The minimum Gasteiger partial charge on any atom is -0.452 e. The highest BCUT2D eigenvalue weighted by Gasteiger charge is 2.30. The van der Waals surface area contributed by atoms with Crippen LogP contribution in [0.5, 0.6) is 11.5 Å². The van der Waals surface area contributed by atoms with E-state index >= 15 is 0 Å². The first-order chi connectivity index (χ1) is 14.9. The molecule has 0 amide bonds. The van der Waals surface area contributed by atoms with Crippen LogP contribution < -0.4 is 9.47 Å². The summed E-state index contributed by atoms with van der Waals surface area (Å²) in [6, 6.07) is 20.8. The quantitative estimate of drug-likeness (QED) is 0.298. The number of allylic oxidation sites excluding steroid dienone is 1. The third-order valence-corrected chi connectivity index (χ3v) is 5.35. The molecule has 4 heteroatoms.